The van der Waals surface area contributed by atoms with E-state index in [1.165, 1.54) is 0 Å². The molecule has 4 heavy (non-hydrogen) atoms. The molecule has 0 aromatic rings. The Morgan fingerprint density at radius 1 is 0.750 bits per heavy atom. The molecule has 0 aliphatic rings. The van der Waals surface area contributed by atoms with Crippen LogP contribution in [0.25, 0.3) is 0 Å². The fraction of sp³-hybridized carbons (Fsp3) is 0. The summed E-state index contributed by atoms with van der Waals surface area (Å²) in [6, 6.07) is 0. The van der Waals surface area contributed by atoms with Gasteiger partial charge in [0, 0.05) is 78.8 Å². The second-order valence-electron chi connectivity index (χ2n) is 0. The van der Waals surface area contributed by atoms with Crippen molar-refractivity contribution in [1.29, 1.82) is 0 Å². The quantitative estimate of drug-likeness (QED) is 0.379. The largest absolute Gasteiger partial charge is 0 e. The topological polar surface area (TPSA) is 0 Å². The molecule has 0 amide bonds. The van der Waals surface area contributed by atoms with Crippen molar-refractivity contribution in [2.24, 2.45) is 0 Å². The molecule has 4 heteroatoms. The van der Waals surface area contributed by atoms with Crippen LogP contribution in [0.15, 0.2) is 0 Å². The maximum atomic E-state index is 0. The average molecular weight is 525 g/mol. The van der Waals surface area contributed by atoms with Crippen LogP contribution < -0.4 is 0 Å². The molecular formula is Au2GeNi. The monoisotopic (exact) mass is 526 g/mol. The van der Waals surface area contributed by atoms with E-state index in [4.69, 9.17) is 0 Å². The predicted octanol–water partition coefficient (Wildman–Crippen LogP) is -0.388. The zero-order valence-corrected chi connectivity index (χ0v) is 8.84. The Bertz CT molecular complexity index is 6.00. The molecule has 0 unspecified atom stereocenters. The minimum atomic E-state index is 0. The Morgan fingerprint density at radius 3 is 0.750 bits per heavy atom. The van der Waals surface area contributed by atoms with Crippen LogP contribution in [-0.2, 0) is 61.3 Å². The molecule has 0 aliphatic heterocycles. The summed E-state index contributed by atoms with van der Waals surface area (Å²) in [5, 5.41) is 0. The Hall–Kier alpha value is 2.52. The third-order valence-electron chi connectivity index (χ3n) is 0. The summed E-state index contributed by atoms with van der Waals surface area (Å²) in [6.45, 7) is 0. The van der Waals surface area contributed by atoms with Gasteiger partial charge in [0.05, 0.1) is 0 Å². The van der Waals surface area contributed by atoms with Gasteiger partial charge in [-0.1, -0.05) is 0 Å². The number of hydrogen-bond donors (Lipinski definition) is 0. The van der Waals surface area contributed by atoms with Gasteiger partial charge in [-0.15, -0.1) is 0 Å². The number of hydrogen-bond acceptors (Lipinski definition) is 0. The summed E-state index contributed by atoms with van der Waals surface area (Å²) in [7, 11) is 0. The Kier molecular flexibility index (Phi) is 139. The van der Waals surface area contributed by atoms with Gasteiger partial charge in [0.2, 0.25) is 0 Å². The van der Waals surface area contributed by atoms with Crippen LogP contribution in [0.3, 0.4) is 0 Å². The van der Waals surface area contributed by atoms with E-state index in [1.807, 2.05) is 0 Å². The van der Waals surface area contributed by atoms with Crippen LogP contribution >= 0.6 is 0 Å². The molecule has 0 bridgehead atoms. The molecule has 0 N–H and O–H groups in total. The molecule has 0 aromatic carbocycles. The van der Waals surface area contributed by atoms with Gasteiger partial charge in [-0.3, -0.25) is 0 Å². The maximum absolute atomic E-state index is 0. The second-order valence-corrected chi connectivity index (χ2v) is 0. The van der Waals surface area contributed by atoms with Crippen molar-refractivity contribution in [3.63, 3.8) is 0 Å². The van der Waals surface area contributed by atoms with Gasteiger partial charge in [-0.2, -0.15) is 0 Å². The van der Waals surface area contributed by atoms with Gasteiger partial charge < -0.3 is 0 Å². The zero-order chi connectivity index (χ0) is 0. The zero-order valence-electron chi connectivity index (χ0n) is 1.42. The number of rotatable bonds is 0. The van der Waals surface area contributed by atoms with Gasteiger partial charge in [-0.05, 0) is 0 Å². The van der Waals surface area contributed by atoms with Crippen molar-refractivity contribution in [3.8, 4) is 0 Å². The molecule has 0 aliphatic carbocycles. The van der Waals surface area contributed by atoms with Crippen molar-refractivity contribution in [2.45, 2.75) is 0 Å². The first kappa shape index (κ1) is 31.3. The average Bonchev–Trinajstić information content (AvgIpc) is 0. The van der Waals surface area contributed by atoms with E-state index < -0.39 is 0 Å². The summed E-state index contributed by atoms with van der Waals surface area (Å²) >= 11 is 0. The van der Waals surface area contributed by atoms with E-state index in [2.05, 4.69) is 0 Å². The smallest absolute Gasteiger partial charge is 0 e. The van der Waals surface area contributed by atoms with Gasteiger partial charge in [0.1, 0.15) is 0 Å². The summed E-state index contributed by atoms with van der Waals surface area (Å²) in [4.78, 5) is 0. The van der Waals surface area contributed by atoms with Crippen molar-refractivity contribution in [1.82, 2.24) is 0 Å². The molecule has 0 aromatic heterocycles. The Labute approximate surface area is 77.8 Å². The minimum Gasteiger partial charge on any atom is 0 e. The second kappa shape index (κ2) is 17.8. The van der Waals surface area contributed by atoms with Crippen molar-refractivity contribution in [2.75, 3.05) is 0 Å². The van der Waals surface area contributed by atoms with E-state index in [0.717, 1.165) is 0 Å². The first-order chi connectivity index (χ1) is 0. The van der Waals surface area contributed by atoms with Crippen LogP contribution in [0.4, 0.5) is 0 Å². The third kappa shape index (κ3) is 8.82. The molecule has 0 spiro atoms. The SMILES string of the molecule is [Au].[Au].[Ge].[Ni]. The van der Waals surface area contributed by atoms with Crippen molar-refractivity contribution < 1.29 is 61.3 Å². The first-order valence-electron chi connectivity index (χ1n) is 0. The van der Waals surface area contributed by atoms with Gasteiger partial charge >= 0.3 is 0 Å². The molecule has 36 valence electrons. The minimum absolute atomic E-state index is 0. The standard InChI is InChI=1S/2Au.Ge.Ni. The van der Waals surface area contributed by atoms with E-state index in [9.17, 15) is 0 Å². The van der Waals surface area contributed by atoms with Crippen LogP contribution in [0.1, 0.15) is 0 Å². The van der Waals surface area contributed by atoms with Gasteiger partial charge in [-0.25, -0.2) is 0 Å². The summed E-state index contributed by atoms with van der Waals surface area (Å²) in [6.07, 6.45) is 0. The molecule has 0 atom stereocenters. The summed E-state index contributed by atoms with van der Waals surface area (Å²) < 4.78 is 0. The normalized spacial score (nSPS) is 0. The molecule has 0 fully saturated rings. The molecule has 0 saturated carbocycles. The van der Waals surface area contributed by atoms with E-state index >= 15 is 0 Å². The first-order valence-corrected chi connectivity index (χ1v) is 0. The fourth-order valence-corrected chi connectivity index (χ4v) is 0. The third-order valence-corrected chi connectivity index (χ3v) is 0. The molecule has 0 rings (SSSR count). The Morgan fingerprint density at radius 2 is 0.750 bits per heavy atom. The molecule has 0 nitrogen and oxygen atoms in total. The predicted molar refractivity (Wildman–Crippen MR) is 5.75 cm³/mol. The summed E-state index contributed by atoms with van der Waals surface area (Å²) in [5.41, 5.74) is 0. The molecule has 6 radical (unpaired) electrons. The van der Waals surface area contributed by atoms with Crippen LogP contribution in [0, 0.1) is 0 Å². The summed E-state index contributed by atoms with van der Waals surface area (Å²) in [5.74, 6) is 0. The Balaban J connectivity index is 0. The van der Waals surface area contributed by atoms with Gasteiger partial charge in [0.15, 0.2) is 0 Å². The van der Waals surface area contributed by atoms with E-state index in [-0.39, 0.29) is 78.8 Å². The fourth-order valence-electron chi connectivity index (χ4n) is 0. The molecule has 0 saturated heterocycles. The van der Waals surface area contributed by atoms with Crippen molar-refractivity contribution in [3.05, 3.63) is 0 Å². The molecular weight excluding hydrogens is 525 g/mol. The maximum Gasteiger partial charge on any atom is 0 e. The van der Waals surface area contributed by atoms with Crippen LogP contribution in [-0.4, -0.2) is 17.6 Å². The molecule has 0 heterocycles. The van der Waals surface area contributed by atoms with Crippen molar-refractivity contribution >= 4 is 17.6 Å². The van der Waals surface area contributed by atoms with Crippen LogP contribution in [0.5, 0.6) is 0 Å². The van der Waals surface area contributed by atoms with Gasteiger partial charge in [0.25, 0.3) is 0 Å². The van der Waals surface area contributed by atoms with E-state index in [1.54, 1.807) is 0 Å². The van der Waals surface area contributed by atoms with Crippen LogP contribution in [0.2, 0.25) is 0 Å². The van der Waals surface area contributed by atoms with E-state index in [0.29, 0.717) is 0 Å².